The van der Waals surface area contributed by atoms with Gasteiger partial charge in [-0.15, -0.1) is 0 Å². The van der Waals surface area contributed by atoms with Crippen LogP contribution in [0.2, 0.25) is 0 Å². The smallest absolute Gasteiger partial charge is 0.123 e. The van der Waals surface area contributed by atoms with Gasteiger partial charge in [-0.05, 0) is 60.8 Å². The highest BCUT2D eigenvalue weighted by molar-refractivity contribution is 5.18. The lowest BCUT2D eigenvalue weighted by atomic mass is 9.79. The monoisotopic (exact) mass is 263 g/mol. The topological polar surface area (TPSA) is 12.0 Å². The fourth-order valence-electron chi connectivity index (χ4n) is 2.85. The van der Waals surface area contributed by atoms with Gasteiger partial charge < -0.3 is 5.32 Å². The van der Waals surface area contributed by atoms with E-state index in [4.69, 9.17) is 0 Å². The Morgan fingerprint density at radius 2 is 1.89 bits per heavy atom. The molecular weight excluding hydrogens is 237 g/mol. The van der Waals surface area contributed by atoms with E-state index in [1.54, 1.807) is 12.1 Å². The Balaban J connectivity index is 1.96. The van der Waals surface area contributed by atoms with Crippen molar-refractivity contribution in [3.05, 3.63) is 35.6 Å². The number of rotatable bonds is 7. The minimum Gasteiger partial charge on any atom is -0.316 e. The van der Waals surface area contributed by atoms with Gasteiger partial charge >= 0.3 is 0 Å². The van der Waals surface area contributed by atoms with E-state index >= 15 is 0 Å². The first-order chi connectivity index (χ1) is 8.99. The fourth-order valence-corrected chi connectivity index (χ4v) is 2.85. The molecule has 19 heavy (non-hydrogen) atoms. The first kappa shape index (κ1) is 14.5. The molecule has 1 saturated carbocycles. The number of hydrogen-bond acceptors (Lipinski definition) is 1. The Hall–Kier alpha value is -0.890. The summed E-state index contributed by atoms with van der Waals surface area (Å²) in [6.07, 6.45) is 3.74. The maximum absolute atomic E-state index is 13.0. The molecule has 1 unspecified atom stereocenters. The second kappa shape index (κ2) is 6.04. The Bertz CT molecular complexity index is 394. The number of benzene rings is 1. The molecule has 0 radical (unpaired) electrons. The maximum Gasteiger partial charge on any atom is 0.123 e. The molecule has 1 nitrogen and oxygen atoms in total. The molecule has 0 aliphatic heterocycles. The Kier molecular flexibility index (Phi) is 4.62. The van der Waals surface area contributed by atoms with Crippen molar-refractivity contribution in [2.45, 2.75) is 40.0 Å². The van der Waals surface area contributed by atoms with E-state index in [9.17, 15) is 4.39 Å². The second-order valence-electron chi connectivity index (χ2n) is 6.76. The largest absolute Gasteiger partial charge is 0.316 e. The molecular formula is C17H26FN. The summed E-state index contributed by atoms with van der Waals surface area (Å²) in [4.78, 5) is 0. The SMILES string of the molecule is CC(C)CNCC(C)(Cc1ccc(F)cc1)C1CC1. The van der Waals surface area contributed by atoms with Crippen LogP contribution in [0.4, 0.5) is 4.39 Å². The third-order valence-electron chi connectivity index (χ3n) is 4.17. The summed E-state index contributed by atoms with van der Waals surface area (Å²) in [6.45, 7) is 8.99. The van der Waals surface area contributed by atoms with Gasteiger partial charge in [0.05, 0.1) is 0 Å². The first-order valence-corrected chi connectivity index (χ1v) is 7.45. The zero-order valence-electron chi connectivity index (χ0n) is 12.4. The van der Waals surface area contributed by atoms with Crippen molar-refractivity contribution in [1.29, 1.82) is 0 Å². The minimum absolute atomic E-state index is 0.144. The van der Waals surface area contributed by atoms with Crippen molar-refractivity contribution in [3.8, 4) is 0 Å². The Labute approximate surface area is 116 Å². The van der Waals surface area contributed by atoms with Crippen molar-refractivity contribution in [2.75, 3.05) is 13.1 Å². The lowest BCUT2D eigenvalue weighted by molar-refractivity contribution is 0.252. The van der Waals surface area contributed by atoms with Gasteiger partial charge in [0.15, 0.2) is 0 Å². The van der Waals surface area contributed by atoms with Gasteiger partial charge in [0.1, 0.15) is 5.82 Å². The van der Waals surface area contributed by atoms with Crippen molar-refractivity contribution < 1.29 is 4.39 Å². The molecule has 1 atom stereocenters. The van der Waals surface area contributed by atoms with E-state index in [1.165, 1.54) is 18.4 Å². The zero-order valence-corrected chi connectivity index (χ0v) is 12.4. The van der Waals surface area contributed by atoms with Gasteiger partial charge in [0.25, 0.3) is 0 Å². The van der Waals surface area contributed by atoms with E-state index in [2.05, 4.69) is 26.1 Å². The molecule has 0 heterocycles. The van der Waals surface area contributed by atoms with Crippen molar-refractivity contribution in [3.63, 3.8) is 0 Å². The lowest BCUT2D eigenvalue weighted by Crippen LogP contribution is -2.37. The van der Waals surface area contributed by atoms with Crippen LogP contribution in [0.5, 0.6) is 0 Å². The van der Waals surface area contributed by atoms with E-state index in [0.29, 0.717) is 11.3 Å². The molecule has 1 aliphatic carbocycles. The van der Waals surface area contributed by atoms with E-state index in [0.717, 1.165) is 25.4 Å². The average molecular weight is 263 g/mol. The summed E-state index contributed by atoms with van der Waals surface area (Å²) in [7, 11) is 0. The van der Waals surface area contributed by atoms with Crippen molar-refractivity contribution in [1.82, 2.24) is 5.32 Å². The molecule has 106 valence electrons. The van der Waals surface area contributed by atoms with Crippen LogP contribution in [0, 0.1) is 23.1 Å². The van der Waals surface area contributed by atoms with Gasteiger partial charge in [0, 0.05) is 6.54 Å². The number of hydrogen-bond donors (Lipinski definition) is 1. The zero-order chi connectivity index (χ0) is 13.9. The minimum atomic E-state index is -0.144. The molecule has 2 rings (SSSR count). The van der Waals surface area contributed by atoms with Crippen LogP contribution in [-0.2, 0) is 6.42 Å². The summed E-state index contributed by atoms with van der Waals surface area (Å²) < 4.78 is 13.0. The van der Waals surface area contributed by atoms with Crippen LogP contribution >= 0.6 is 0 Å². The van der Waals surface area contributed by atoms with Crippen LogP contribution in [-0.4, -0.2) is 13.1 Å². The van der Waals surface area contributed by atoms with Gasteiger partial charge in [-0.2, -0.15) is 0 Å². The number of halogens is 1. The summed E-state index contributed by atoms with van der Waals surface area (Å²) in [5, 5.41) is 3.60. The summed E-state index contributed by atoms with van der Waals surface area (Å²) in [5.74, 6) is 1.38. The molecule has 0 spiro atoms. The van der Waals surface area contributed by atoms with Gasteiger partial charge in [-0.3, -0.25) is 0 Å². The van der Waals surface area contributed by atoms with E-state index in [-0.39, 0.29) is 5.82 Å². The third-order valence-corrected chi connectivity index (χ3v) is 4.17. The fraction of sp³-hybridized carbons (Fsp3) is 0.647. The first-order valence-electron chi connectivity index (χ1n) is 7.45. The van der Waals surface area contributed by atoms with E-state index < -0.39 is 0 Å². The van der Waals surface area contributed by atoms with Crippen LogP contribution in [0.3, 0.4) is 0 Å². The second-order valence-corrected chi connectivity index (χ2v) is 6.76. The van der Waals surface area contributed by atoms with Crippen molar-refractivity contribution in [2.24, 2.45) is 17.3 Å². The highest BCUT2D eigenvalue weighted by Crippen LogP contribution is 2.47. The molecule has 1 N–H and O–H groups in total. The quantitative estimate of drug-likeness (QED) is 0.783. The van der Waals surface area contributed by atoms with E-state index in [1.807, 2.05) is 12.1 Å². The van der Waals surface area contributed by atoms with Gasteiger partial charge in [-0.1, -0.05) is 32.9 Å². The highest BCUT2D eigenvalue weighted by Gasteiger charge is 2.40. The predicted octanol–water partition coefficient (Wildman–Crippen LogP) is 4.03. The standard InChI is InChI=1S/C17H26FN/c1-13(2)11-19-12-17(3,15-6-7-15)10-14-4-8-16(18)9-5-14/h4-5,8-9,13,15,19H,6-7,10-12H2,1-3H3. The molecule has 1 fully saturated rings. The maximum atomic E-state index is 13.0. The summed E-state index contributed by atoms with van der Waals surface area (Å²) >= 11 is 0. The molecule has 1 aromatic carbocycles. The molecule has 0 amide bonds. The molecule has 0 aromatic heterocycles. The number of nitrogens with one attached hydrogen (secondary N) is 1. The van der Waals surface area contributed by atoms with Gasteiger partial charge in [-0.25, -0.2) is 4.39 Å². The van der Waals surface area contributed by atoms with Crippen LogP contribution in [0.1, 0.15) is 39.2 Å². The van der Waals surface area contributed by atoms with Crippen LogP contribution < -0.4 is 5.32 Å². The molecule has 1 aromatic rings. The molecule has 0 saturated heterocycles. The van der Waals surface area contributed by atoms with Crippen LogP contribution in [0.15, 0.2) is 24.3 Å². The summed E-state index contributed by atoms with van der Waals surface area (Å²) in [6, 6.07) is 7.01. The summed E-state index contributed by atoms with van der Waals surface area (Å²) in [5.41, 5.74) is 1.56. The normalized spacial score (nSPS) is 18.6. The molecule has 1 aliphatic rings. The van der Waals surface area contributed by atoms with Gasteiger partial charge in [0.2, 0.25) is 0 Å². The molecule has 2 heteroatoms. The Morgan fingerprint density at radius 3 is 2.42 bits per heavy atom. The predicted molar refractivity (Wildman–Crippen MR) is 78.6 cm³/mol. The lowest BCUT2D eigenvalue weighted by Gasteiger charge is -2.31. The third kappa shape index (κ3) is 4.31. The van der Waals surface area contributed by atoms with Crippen molar-refractivity contribution >= 4 is 0 Å². The van der Waals surface area contributed by atoms with Crippen LogP contribution in [0.25, 0.3) is 0 Å². The Morgan fingerprint density at radius 1 is 1.26 bits per heavy atom. The highest BCUT2D eigenvalue weighted by atomic mass is 19.1. The average Bonchev–Trinajstić information content (AvgIpc) is 3.16. The molecule has 0 bridgehead atoms.